The second-order valence-electron chi connectivity index (χ2n) is 2.10. The molecule has 0 aromatic rings. The van der Waals surface area contributed by atoms with Gasteiger partial charge in [0, 0.05) is 0 Å². The summed E-state index contributed by atoms with van der Waals surface area (Å²) in [5, 5.41) is 10.2. The number of hydrazine groups is 2. The van der Waals surface area contributed by atoms with Crippen LogP contribution < -0.4 is 11.7 Å². The molecule has 0 aliphatic carbocycles. The van der Waals surface area contributed by atoms with Gasteiger partial charge in [-0.3, -0.25) is 11.7 Å². The fraction of sp³-hybridized carbons (Fsp3) is 1.00. The van der Waals surface area contributed by atoms with Gasteiger partial charge in [-0.05, 0) is 12.8 Å². The predicted octanol–water partition coefficient (Wildman–Crippen LogP) is -0.456. The molecule has 4 heteroatoms. The van der Waals surface area contributed by atoms with Crippen LogP contribution in [0.3, 0.4) is 0 Å². The second kappa shape index (κ2) is 3.12. The lowest BCUT2D eigenvalue weighted by Gasteiger charge is -2.30. The van der Waals surface area contributed by atoms with E-state index in [1.165, 1.54) is 0 Å². The van der Waals surface area contributed by atoms with Crippen molar-refractivity contribution in [2.75, 3.05) is 0 Å². The third kappa shape index (κ3) is 1.91. The summed E-state index contributed by atoms with van der Waals surface area (Å²) in [6.07, 6.45) is 1.08. The van der Waals surface area contributed by atoms with Crippen molar-refractivity contribution in [1.29, 1.82) is 0 Å². The maximum absolute atomic E-state index is 9.38. The van der Waals surface area contributed by atoms with Crippen molar-refractivity contribution < 1.29 is 5.11 Å². The molecule has 0 saturated heterocycles. The molecule has 0 saturated carbocycles. The van der Waals surface area contributed by atoms with Crippen molar-refractivity contribution in [3.05, 3.63) is 0 Å². The van der Waals surface area contributed by atoms with Crippen LogP contribution in [-0.2, 0) is 0 Å². The van der Waals surface area contributed by atoms with Gasteiger partial charge in [0.15, 0.2) is 0 Å². The summed E-state index contributed by atoms with van der Waals surface area (Å²) < 4.78 is 0. The zero-order valence-corrected chi connectivity index (χ0v) is 5.96. The Bertz CT molecular complexity index is 80.3. The molecule has 0 aliphatic heterocycles. The van der Waals surface area contributed by atoms with Gasteiger partial charge in [0.05, 0.1) is 0 Å². The number of aliphatic hydroxyl groups is 1. The lowest BCUT2D eigenvalue weighted by molar-refractivity contribution is -0.117. The van der Waals surface area contributed by atoms with E-state index >= 15 is 0 Å². The lowest BCUT2D eigenvalue weighted by Crippen LogP contribution is -2.56. The first-order chi connectivity index (χ1) is 4.06. The number of hydrogen-bond acceptors (Lipinski definition) is 4. The third-order valence-corrected chi connectivity index (χ3v) is 1.61. The highest BCUT2D eigenvalue weighted by Gasteiger charge is 2.25. The molecular formula is C5H15N3O. The van der Waals surface area contributed by atoms with Crippen molar-refractivity contribution >= 4 is 0 Å². The van der Waals surface area contributed by atoms with E-state index in [-0.39, 0.29) is 0 Å². The maximum Gasteiger partial charge on any atom is 0.143 e. The van der Waals surface area contributed by atoms with Gasteiger partial charge in [-0.2, -0.15) is 5.12 Å². The highest BCUT2D eigenvalue weighted by molar-refractivity contribution is 4.67. The van der Waals surface area contributed by atoms with Crippen molar-refractivity contribution in [2.45, 2.75) is 32.4 Å². The molecule has 0 aromatic heterocycles. The summed E-state index contributed by atoms with van der Waals surface area (Å²) in [5.74, 6) is 10.3. The van der Waals surface area contributed by atoms with E-state index in [1.54, 1.807) is 0 Å². The van der Waals surface area contributed by atoms with Crippen LogP contribution in [0.25, 0.3) is 0 Å². The van der Waals surface area contributed by atoms with Crippen LogP contribution in [0.2, 0.25) is 0 Å². The third-order valence-electron chi connectivity index (χ3n) is 1.61. The van der Waals surface area contributed by atoms with Crippen LogP contribution in [0.4, 0.5) is 0 Å². The zero-order chi connectivity index (χ0) is 7.49. The topological polar surface area (TPSA) is 75.5 Å². The van der Waals surface area contributed by atoms with Crippen LogP contribution in [0.15, 0.2) is 0 Å². The van der Waals surface area contributed by atoms with Gasteiger partial charge in [-0.1, -0.05) is 13.8 Å². The molecule has 0 radical (unpaired) electrons. The maximum atomic E-state index is 9.38. The Morgan fingerprint density at radius 1 is 1.33 bits per heavy atom. The van der Waals surface area contributed by atoms with Gasteiger partial charge in [0.2, 0.25) is 0 Å². The molecule has 0 unspecified atom stereocenters. The average Bonchev–Trinajstić information content (AvgIpc) is 1.86. The quantitative estimate of drug-likeness (QED) is 0.277. The van der Waals surface area contributed by atoms with Gasteiger partial charge >= 0.3 is 0 Å². The standard InChI is InChI=1S/C5H15N3O/c1-3-5(9,4-2)8(6)7/h9H,3-4,6-7H2,1-2H3. The molecule has 56 valence electrons. The first-order valence-corrected chi connectivity index (χ1v) is 3.08. The number of rotatable bonds is 3. The number of nitrogens with two attached hydrogens (primary N) is 2. The minimum atomic E-state index is -1.03. The zero-order valence-electron chi connectivity index (χ0n) is 5.96. The predicted molar refractivity (Wildman–Crippen MR) is 35.7 cm³/mol. The average molecular weight is 133 g/mol. The first-order valence-electron chi connectivity index (χ1n) is 3.08. The van der Waals surface area contributed by atoms with Crippen molar-refractivity contribution in [3.8, 4) is 0 Å². The van der Waals surface area contributed by atoms with E-state index in [1.807, 2.05) is 13.8 Å². The molecule has 0 aromatic carbocycles. The highest BCUT2D eigenvalue weighted by Crippen LogP contribution is 2.13. The normalized spacial score (nSPS) is 12.7. The minimum absolute atomic E-state index is 0.538. The van der Waals surface area contributed by atoms with E-state index in [0.29, 0.717) is 12.8 Å². The molecule has 0 rings (SSSR count). The highest BCUT2D eigenvalue weighted by atomic mass is 16.3. The molecule has 0 heterocycles. The van der Waals surface area contributed by atoms with E-state index in [2.05, 4.69) is 0 Å². The fourth-order valence-electron chi connectivity index (χ4n) is 0.615. The summed E-state index contributed by atoms with van der Waals surface area (Å²) >= 11 is 0. The molecule has 5 N–H and O–H groups in total. The van der Waals surface area contributed by atoms with E-state index in [9.17, 15) is 5.11 Å². The Hall–Kier alpha value is -0.160. The van der Waals surface area contributed by atoms with E-state index in [0.717, 1.165) is 5.12 Å². The fourth-order valence-corrected chi connectivity index (χ4v) is 0.615. The molecule has 0 amide bonds. The van der Waals surface area contributed by atoms with Crippen LogP contribution in [0.5, 0.6) is 0 Å². The molecular weight excluding hydrogens is 118 g/mol. The lowest BCUT2D eigenvalue weighted by atomic mass is 10.1. The summed E-state index contributed by atoms with van der Waals surface area (Å²) in [7, 11) is 0. The molecule has 0 bridgehead atoms. The monoisotopic (exact) mass is 133 g/mol. The summed E-state index contributed by atoms with van der Waals surface area (Å²) in [6.45, 7) is 3.66. The van der Waals surface area contributed by atoms with Crippen molar-refractivity contribution in [2.24, 2.45) is 11.7 Å². The Balaban J connectivity index is 3.92. The second-order valence-corrected chi connectivity index (χ2v) is 2.10. The van der Waals surface area contributed by atoms with Crippen molar-refractivity contribution in [3.63, 3.8) is 0 Å². The summed E-state index contributed by atoms with van der Waals surface area (Å²) in [5.41, 5.74) is -1.03. The van der Waals surface area contributed by atoms with Gasteiger partial charge in [0.1, 0.15) is 5.72 Å². The Morgan fingerprint density at radius 3 is 1.67 bits per heavy atom. The smallest absolute Gasteiger partial charge is 0.143 e. The summed E-state index contributed by atoms with van der Waals surface area (Å²) in [6, 6.07) is 0. The molecule has 0 fully saturated rings. The Morgan fingerprint density at radius 2 is 1.67 bits per heavy atom. The number of hydrogen-bond donors (Lipinski definition) is 3. The molecule has 0 aliphatic rings. The van der Waals surface area contributed by atoms with Gasteiger partial charge in [-0.25, -0.2) is 0 Å². The number of nitrogens with zero attached hydrogens (tertiary/aromatic N) is 1. The minimum Gasteiger partial charge on any atom is -0.373 e. The van der Waals surface area contributed by atoms with Gasteiger partial charge < -0.3 is 5.11 Å². The molecule has 0 atom stereocenters. The van der Waals surface area contributed by atoms with Crippen LogP contribution in [0, 0.1) is 0 Å². The van der Waals surface area contributed by atoms with E-state index < -0.39 is 5.72 Å². The van der Waals surface area contributed by atoms with Crippen LogP contribution in [0.1, 0.15) is 26.7 Å². The SMILES string of the molecule is CCC(O)(CC)N(N)N. The van der Waals surface area contributed by atoms with Crippen LogP contribution >= 0.6 is 0 Å². The molecule has 9 heavy (non-hydrogen) atoms. The van der Waals surface area contributed by atoms with E-state index in [4.69, 9.17) is 11.7 Å². The first kappa shape index (κ1) is 8.84. The Kier molecular flexibility index (Phi) is 3.07. The largest absolute Gasteiger partial charge is 0.373 e. The van der Waals surface area contributed by atoms with Gasteiger partial charge in [-0.15, -0.1) is 0 Å². The summed E-state index contributed by atoms with van der Waals surface area (Å²) in [4.78, 5) is 0. The van der Waals surface area contributed by atoms with Crippen molar-refractivity contribution in [1.82, 2.24) is 5.12 Å². The van der Waals surface area contributed by atoms with Crippen LogP contribution in [-0.4, -0.2) is 15.9 Å². The van der Waals surface area contributed by atoms with Gasteiger partial charge in [0.25, 0.3) is 0 Å². The molecule has 0 spiro atoms. The Labute approximate surface area is 55.4 Å². The molecule has 4 nitrogen and oxygen atoms in total.